The zero-order valence-corrected chi connectivity index (χ0v) is 12.5. The van der Waals surface area contributed by atoms with Crippen molar-refractivity contribution in [2.75, 3.05) is 13.6 Å². The molecule has 2 saturated carbocycles. The fourth-order valence-corrected chi connectivity index (χ4v) is 4.18. The van der Waals surface area contributed by atoms with Crippen LogP contribution in [-0.4, -0.2) is 25.3 Å². The number of nitrogens with one attached hydrogen (secondary N) is 1. The van der Waals surface area contributed by atoms with Crippen LogP contribution in [0.1, 0.15) is 65.2 Å². The second kappa shape index (κ2) is 6.38. The Kier molecular flexibility index (Phi) is 5.08. The second-order valence-corrected chi connectivity index (χ2v) is 6.93. The van der Waals surface area contributed by atoms with Crippen molar-refractivity contribution in [3.8, 4) is 0 Å². The summed E-state index contributed by atoms with van der Waals surface area (Å²) in [5.41, 5.74) is 0.147. The van der Waals surface area contributed by atoms with Crippen LogP contribution < -0.4 is 5.32 Å². The number of hydrogen-bond donors (Lipinski definition) is 1. The van der Waals surface area contributed by atoms with E-state index < -0.39 is 0 Å². The van der Waals surface area contributed by atoms with E-state index >= 15 is 0 Å². The number of ether oxygens (including phenoxy) is 1. The Hall–Kier alpha value is -0.0800. The lowest BCUT2D eigenvalue weighted by Gasteiger charge is -2.43. The second-order valence-electron chi connectivity index (χ2n) is 6.93. The summed E-state index contributed by atoms with van der Waals surface area (Å²) in [6, 6.07) is 0. The van der Waals surface area contributed by atoms with Crippen LogP contribution in [0.2, 0.25) is 0 Å². The standard InChI is InChI=1S/C16H31NO/c1-13-9-14(2)11-15(10-13)18-16(12-17-3)7-5-4-6-8-16/h13-15,17H,4-12H2,1-3H3. The average molecular weight is 253 g/mol. The third-order valence-electron chi connectivity index (χ3n) is 4.82. The Morgan fingerprint density at radius 2 is 1.61 bits per heavy atom. The van der Waals surface area contributed by atoms with Gasteiger partial charge in [-0.15, -0.1) is 0 Å². The Morgan fingerprint density at radius 3 is 2.17 bits per heavy atom. The molecule has 2 aliphatic rings. The molecule has 0 aliphatic heterocycles. The molecule has 0 amide bonds. The fourth-order valence-electron chi connectivity index (χ4n) is 4.18. The Bertz CT molecular complexity index is 232. The summed E-state index contributed by atoms with van der Waals surface area (Å²) < 4.78 is 6.64. The fraction of sp³-hybridized carbons (Fsp3) is 1.00. The van der Waals surface area contributed by atoms with Gasteiger partial charge in [-0.25, -0.2) is 0 Å². The van der Waals surface area contributed by atoms with Crippen LogP contribution in [0.5, 0.6) is 0 Å². The highest BCUT2D eigenvalue weighted by Crippen LogP contribution is 2.37. The van der Waals surface area contributed by atoms with Crippen LogP contribution in [0.25, 0.3) is 0 Å². The van der Waals surface area contributed by atoms with Crippen molar-refractivity contribution < 1.29 is 4.74 Å². The lowest BCUT2D eigenvalue weighted by Crippen LogP contribution is -2.47. The molecule has 0 aromatic rings. The van der Waals surface area contributed by atoms with Gasteiger partial charge in [0.15, 0.2) is 0 Å². The normalized spacial score (nSPS) is 36.5. The molecule has 0 aromatic heterocycles. The Morgan fingerprint density at radius 1 is 1.00 bits per heavy atom. The molecule has 2 rings (SSSR count). The largest absolute Gasteiger partial charge is 0.370 e. The van der Waals surface area contributed by atoms with Crippen LogP contribution in [0.4, 0.5) is 0 Å². The molecule has 2 heteroatoms. The van der Waals surface area contributed by atoms with E-state index in [2.05, 4.69) is 26.2 Å². The van der Waals surface area contributed by atoms with E-state index in [4.69, 9.17) is 4.74 Å². The van der Waals surface area contributed by atoms with E-state index in [0.717, 1.165) is 18.4 Å². The quantitative estimate of drug-likeness (QED) is 0.824. The molecule has 0 aromatic carbocycles. The van der Waals surface area contributed by atoms with Crippen LogP contribution in [0.3, 0.4) is 0 Å². The molecule has 18 heavy (non-hydrogen) atoms. The van der Waals surface area contributed by atoms with Gasteiger partial charge >= 0.3 is 0 Å². The lowest BCUT2D eigenvalue weighted by molar-refractivity contribution is -0.131. The zero-order chi connectivity index (χ0) is 13.0. The number of rotatable bonds is 4. The van der Waals surface area contributed by atoms with E-state index in [9.17, 15) is 0 Å². The average Bonchev–Trinajstić information content (AvgIpc) is 2.28. The van der Waals surface area contributed by atoms with Gasteiger partial charge in [-0.1, -0.05) is 33.1 Å². The predicted molar refractivity (Wildman–Crippen MR) is 76.8 cm³/mol. The molecule has 2 nitrogen and oxygen atoms in total. The molecule has 0 radical (unpaired) electrons. The maximum atomic E-state index is 6.64. The minimum atomic E-state index is 0.147. The van der Waals surface area contributed by atoms with Crippen molar-refractivity contribution in [3.63, 3.8) is 0 Å². The smallest absolute Gasteiger partial charge is 0.0809 e. The molecule has 2 unspecified atom stereocenters. The van der Waals surface area contributed by atoms with E-state index in [1.165, 1.54) is 51.4 Å². The molecule has 2 atom stereocenters. The molecule has 106 valence electrons. The summed E-state index contributed by atoms with van der Waals surface area (Å²) in [7, 11) is 2.06. The molecule has 0 saturated heterocycles. The minimum Gasteiger partial charge on any atom is -0.370 e. The van der Waals surface area contributed by atoms with E-state index in [0.29, 0.717) is 6.10 Å². The van der Waals surface area contributed by atoms with Gasteiger partial charge in [0, 0.05) is 6.54 Å². The van der Waals surface area contributed by atoms with Crippen molar-refractivity contribution >= 4 is 0 Å². The number of likely N-dealkylation sites (N-methyl/N-ethyl adjacent to an activating group) is 1. The van der Waals surface area contributed by atoms with E-state index in [-0.39, 0.29) is 5.60 Å². The summed E-state index contributed by atoms with van der Waals surface area (Å²) in [4.78, 5) is 0. The summed E-state index contributed by atoms with van der Waals surface area (Å²) in [5.74, 6) is 1.68. The van der Waals surface area contributed by atoms with Gasteiger partial charge in [0.05, 0.1) is 11.7 Å². The Balaban J connectivity index is 1.95. The Labute approximate surface area is 113 Å². The van der Waals surface area contributed by atoms with Gasteiger partial charge in [0.25, 0.3) is 0 Å². The van der Waals surface area contributed by atoms with Crippen LogP contribution >= 0.6 is 0 Å². The molecule has 2 aliphatic carbocycles. The first-order valence-corrected chi connectivity index (χ1v) is 7.96. The highest BCUT2D eigenvalue weighted by atomic mass is 16.5. The van der Waals surface area contributed by atoms with Crippen molar-refractivity contribution in [2.45, 2.75) is 76.9 Å². The summed E-state index contributed by atoms with van der Waals surface area (Å²) in [6.45, 7) is 5.81. The topological polar surface area (TPSA) is 21.3 Å². The van der Waals surface area contributed by atoms with Gasteiger partial charge in [0.2, 0.25) is 0 Å². The van der Waals surface area contributed by atoms with E-state index in [1.54, 1.807) is 0 Å². The lowest BCUT2D eigenvalue weighted by atomic mass is 9.80. The third kappa shape index (κ3) is 3.71. The van der Waals surface area contributed by atoms with Crippen molar-refractivity contribution in [1.82, 2.24) is 5.32 Å². The minimum absolute atomic E-state index is 0.147. The van der Waals surface area contributed by atoms with Crippen LogP contribution in [0, 0.1) is 11.8 Å². The summed E-state index contributed by atoms with van der Waals surface area (Å²) in [6.07, 6.45) is 11.0. The van der Waals surface area contributed by atoms with Gasteiger partial charge < -0.3 is 10.1 Å². The first-order chi connectivity index (χ1) is 8.63. The zero-order valence-electron chi connectivity index (χ0n) is 12.5. The van der Waals surface area contributed by atoms with Crippen molar-refractivity contribution in [1.29, 1.82) is 0 Å². The van der Waals surface area contributed by atoms with E-state index in [1.807, 2.05) is 0 Å². The van der Waals surface area contributed by atoms with Crippen LogP contribution in [-0.2, 0) is 4.74 Å². The summed E-state index contributed by atoms with van der Waals surface area (Å²) >= 11 is 0. The third-order valence-corrected chi connectivity index (χ3v) is 4.82. The monoisotopic (exact) mass is 253 g/mol. The van der Waals surface area contributed by atoms with Gasteiger partial charge in [-0.2, -0.15) is 0 Å². The molecular formula is C16H31NO. The number of hydrogen-bond acceptors (Lipinski definition) is 2. The molecule has 0 heterocycles. The summed E-state index contributed by atoms with van der Waals surface area (Å²) in [5, 5.41) is 3.37. The molecule has 0 spiro atoms. The molecule has 0 bridgehead atoms. The molecule has 2 fully saturated rings. The van der Waals surface area contributed by atoms with Crippen LogP contribution in [0.15, 0.2) is 0 Å². The SMILES string of the molecule is CNCC1(OC2CC(C)CC(C)C2)CCCCC1. The highest BCUT2D eigenvalue weighted by Gasteiger charge is 2.36. The first-order valence-electron chi connectivity index (χ1n) is 7.96. The van der Waals surface area contributed by atoms with Gasteiger partial charge in [0.1, 0.15) is 0 Å². The predicted octanol–water partition coefficient (Wildman–Crippen LogP) is 3.75. The maximum Gasteiger partial charge on any atom is 0.0809 e. The molecular weight excluding hydrogens is 222 g/mol. The maximum absolute atomic E-state index is 6.64. The van der Waals surface area contributed by atoms with Crippen molar-refractivity contribution in [3.05, 3.63) is 0 Å². The van der Waals surface area contributed by atoms with Gasteiger partial charge in [-0.05, 0) is 51.0 Å². The van der Waals surface area contributed by atoms with Gasteiger partial charge in [-0.3, -0.25) is 0 Å². The first kappa shape index (κ1) is 14.3. The molecule has 1 N–H and O–H groups in total. The van der Waals surface area contributed by atoms with Crippen molar-refractivity contribution in [2.24, 2.45) is 11.8 Å². The highest BCUT2D eigenvalue weighted by molar-refractivity contribution is 4.89.